The lowest BCUT2D eigenvalue weighted by Gasteiger charge is -2.27. The van der Waals surface area contributed by atoms with Crippen molar-refractivity contribution in [2.45, 2.75) is 19.3 Å². The average Bonchev–Trinajstić information content (AvgIpc) is 3.21. The highest BCUT2D eigenvalue weighted by molar-refractivity contribution is 7.91. The minimum Gasteiger partial charge on any atom is -0.481 e. The Morgan fingerprint density at radius 2 is 1.86 bits per heavy atom. The zero-order chi connectivity index (χ0) is 15.5. The Morgan fingerprint density at radius 1 is 1.24 bits per heavy atom. The molecule has 1 aliphatic heterocycles. The van der Waals surface area contributed by atoms with Crippen molar-refractivity contribution in [2.75, 3.05) is 37.8 Å². The molecular formula is C13H21NO6S. The lowest BCUT2D eigenvalue weighted by molar-refractivity contribution is -0.146. The number of carboxylic acids is 1. The fourth-order valence-corrected chi connectivity index (χ4v) is 4.45. The Kier molecular flexibility index (Phi) is 5.21. The monoisotopic (exact) mass is 319 g/mol. The molecule has 0 radical (unpaired) electrons. The summed E-state index contributed by atoms with van der Waals surface area (Å²) in [6.07, 6.45) is 1.52. The van der Waals surface area contributed by atoms with Gasteiger partial charge in [-0.2, -0.15) is 0 Å². The molecule has 21 heavy (non-hydrogen) atoms. The van der Waals surface area contributed by atoms with Crippen LogP contribution in [0.25, 0.3) is 0 Å². The third-order valence-electron chi connectivity index (χ3n) is 3.78. The number of sulfone groups is 1. The van der Waals surface area contributed by atoms with Crippen molar-refractivity contribution in [3.63, 3.8) is 0 Å². The SMILES string of the molecule is O=C(O)C(CC(=O)N1CCOCC1)CS(=O)(=O)CC1CC1. The number of amides is 1. The molecule has 2 fully saturated rings. The van der Waals surface area contributed by atoms with Gasteiger partial charge in [-0.15, -0.1) is 0 Å². The molecule has 1 heterocycles. The van der Waals surface area contributed by atoms with Crippen LogP contribution in [0.5, 0.6) is 0 Å². The predicted octanol–water partition coefficient (Wildman–Crippen LogP) is -0.239. The van der Waals surface area contributed by atoms with Gasteiger partial charge in [0.15, 0.2) is 9.84 Å². The first kappa shape index (κ1) is 16.2. The van der Waals surface area contributed by atoms with Crippen molar-refractivity contribution >= 4 is 21.7 Å². The van der Waals surface area contributed by atoms with E-state index in [1.165, 1.54) is 4.90 Å². The maximum absolute atomic E-state index is 12.0. The molecule has 1 atom stereocenters. The van der Waals surface area contributed by atoms with Gasteiger partial charge in [-0.05, 0) is 18.8 Å². The molecule has 1 aliphatic carbocycles. The number of carboxylic acid groups (broad SMARTS) is 1. The van der Waals surface area contributed by atoms with Gasteiger partial charge >= 0.3 is 5.97 Å². The van der Waals surface area contributed by atoms with Crippen LogP contribution < -0.4 is 0 Å². The Morgan fingerprint density at radius 3 is 2.38 bits per heavy atom. The van der Waals surface area contributed by atoms with Crippen molar-refractivity contribution in [3.05, 3.63) is 0 Å². The molecular weight excluding hydrogens is 298 g/mol. The topological polar surface area (TPSA) is 101 Å². The van der Waals surface area contributed by atoms with E-state index in [1.807, 2.05) is 0 Å². The third-order valence-corrected chi connectivity index (χ3v) is 5.67. The smallest absolute Gasteiger partial charge is 0.308 e. The molecule has 1 saturated carbocycles. The fraction of sp³-hybridized carbons (Fsp3) is 0.846. The molecule has 1 unspecified atom stereocenters. The van der Waals surface area contributed by atoms with Crippen LogP contribution in [-0.4, -0.2) is 68.1 Å². The second kappa shape index (κ2) is 6.74. The first-order valence-electron chi connectivity index (χ1n) is 7.16. The molecule has 0 aromatic rings. The molecule has 1 N–H and O–H groups in total. The van der Waals surface area contributed by atoms with E-state index in [4.69, 9.17) is 4.74 Å². The second-order valence-corrected chi connectivity index (χ2v) is 7.91. The number of carbonyl (C=O) groups excluding carboxylic acids is 1. The highest BCUT2D eigenvalue weighted by atomic mass is 32.2. The highest BCUT2D eigenvalue weighted by Crippen LogP contribution is 2.31. The van der Waals surface area contributed by atoms with Crippen molar-refractivity contribution < 1.29 is 27.9 Å². The van der Waals surface area contributed by atoms with Crippen LogP contribution in [0, 0.1) is 11.8 Å². The van der Waals surface area contributed by atoms with E-state index in [0.29, 0.717) is 26.3 Å². The molecule has 120 valence electrons. The van der Waals surface area contributed by atoms with Crippen LogP contribution in [-0.2, 0) is 24.2 Å². The maximum Gasteiger partial charge on any atom is 0.308 e. The average molecular weight is 319 g/mol. The zero-order valence-corrected chi connectivity index (χ0v) is 12.7. The first-order chi connectivity index (χ1) is 9.87. The molecule has 2 rings (SSSR count). The van der Waals surface area contributed by atoms with Gasteiger partial charge in [0.25, 0.3) is 0 Å². The van der Waals surface area contributed by atoms with Crippen LogP contribution in [0.1, 0.15) is 19.3 Å². The third kappa shape index (κ3) is 5.28. The van der Waals surface area contributed by atoms with Crippen LogP contribution in [0.2, 0.25) is 0 Å². The Hall–Kier alpha value is -1.15. The van der Waals surface area contributed by atoms with Gasteiger partial charge in [-0.25, -0.2) is 8.42 Å². The van der Waals surface area contributed by atoms with Crippen LogP contribution in [0.4, 0.5) is 0 Å². The number of hydrogen-bond acceptors (Lipinski definition) is 5. The number of aliphatic carboxylic acids is 1. The van der Waals surface area contributed by atoms with Crippen LogP contribution in [0.15, 0.2) is 0 Å². The molecule has 0 aromatic heterocycles. The second-order valence-electron chi connectivity index (χ2n) is 5.75. The molecule has 0 aromatic carbocycles. The lowest BCUT2D eigenvalue weighted by Crippen LogP contribution is -2.42. The van der Waals surface area contributed by atoms with Crippen LogP contribution in [0.3, 0.4) is 0 Å². The van der Waals surface area contributed by atoms with E-state index in [9.17, 15) is 23.1 Å². The summed E-state index contributed by atoms with van der Waals surface area (Å²) < 4.78 is 29.0. The summed E-state index contributed by atoms with van der Waals surface area (Å²) >= 11 is 0. The normalized spacial score (nSPS) is 21.0. The zero-order valence-electron chi connectivity index (χ0n) is 11.9. The minimum atomic E-state index is -3.42. The Balaban J connectivity index is 1.91. The summed E-state index contributed by atoms with van der Waals surface area (Å²) in [6.45, 7) is 1.73. The van der Waals surface area contributed by atoms with E-state index >= 15 is 0 Å². The largest absolute Gasteiger partial charge is 0.481 e. The van der Waals surface area contributed by atoms with E-state index in [2.05, 4.69) is 0 Å². The standard InChI is InChI=1S/C13H21NO6S/c15-12(14-3-5-20-6-4-14)7-11(13(16)17)9-21(18,19)8-10-1-2-10/h10-11H,1-9H2,(H,16,17). The number of morpholine rings is 1. The van der Waals surface area contributed by atoms with Crippen molar-refractivity contribution in [3.8, 4) is 0 Å². The van der Waals surface area contributed by atoms with Gasteiger partial charge < -0.3 is 14.7 Å². The quantitative estimate of drug-likeness (QED) is 0.695. The van der Waals surface area contributed by atoms with Gasteiger partial charge in [0.1, 0.15) is 0 Å². The molecule has 1 saturated heterocycles. The van der Waals surface area contributed by atoms with Crippen molar-refractivity contribution in [1.29, 1.82) is 0 Å². The van der Waals surface area contributed by atoms with Crippen molar-refractivity contribution in [2.24, 2.45) is 11.8 Å². The van der Waals surface area contributed by atoms with Gasteiger partial charge in [0.05, 0.1) is 30.6 Å². The fourth-order valence-electron chi connectivity index (χ4n) is 2.39. The number of carbonyl (C=O) groups is 2. The van der Waals surface area contributed by atoms with Gasteiger partial charge in [0.2, 0.25) is 5.91 Å². The van der Waals surface area contributed by atoms with E-state index in [0.717, 1.165) is 12.8 Å². The first-order valence-corrected chi connectivity index (χ1v) is 8.98. The molecule has 0 spiro atoms. The molecule has 2 aliphatic rings. The van der Waals surface area contributed by atoms with Gasteiger partial charge in [-0.1, -0.05) is 0 Å². The minimum absolute atomic E-state index is 0.0442. The summed E-state index contributed by atoms with van der Waals surface area (Å²) in [7, 11) is -3.42. The molecule has 7 nitrogen and oxygen atoms in total. The van der Waals surface area contributed by atoms with E-state index < -0.39 is 27.5 Å². The van der Waals surface area contributed by atoms with Crippen LogP contribution >= 0.6 is 0 Å². The Bertz CT molecular complexity index is 493. The molecule has 1 amide bonds. The summed E-state index contributed by atoms with van der Waals surface area (Å²) in [5.41, 5.74) is 0. The predicted molar refractivity (Wildman–Crippen MR) is 74.5 cm³/mol. The summed E-state index contributed by atoms with van der Waals surface area (Å²) in [4.78, 5) is 24.8. The highest BCUT2D eigenvalue weighted by Gasteiger charge is 2.33. The summed E-state index contributed by atoms with van der Waals surface area (Å²) in [6, 6.07) is 0. The number of hydrogen-bond donors (Lipinski definition) is 1. The molecule has 8 heteroatoms. The van der Waals surface area contributed by atoms with Crippen molar-refractivity contribution in [1.82, 2.24) is 4.90 Å². The number of ether oxygens (including phenoxy) is 1. The Labute approximate surface area is 124 Å². The lowest BCUT2D eigenvalue weighted by atomic mass is 10.1. The number of rotatable bonds is 7. The van der Waals surface area contributed by atoms with E-state index in [1.54, 1.807) is 0 Å². The molecule has 0 bridgehead atoms. The van der Waals surface area contributed by atoms with Gasteiger partial charge in [-0.3, -0.25) is 9.59 Å². The summed E-state index contributed by atoms with van der Waals surface area (Å²) in [5.74, 6) is -2.93. The van der Waals surface area contributed by atoms with E-state index in [-0.39, 0.29) is 24.0 Å². The maximum atomic E-state index is 12.0. The number of nitrogens with zero attached hydrogens (tertiary/aromatic N) is 1. The summed E-state index contributed by atoms with van der Waals surface area (Å²) in [5, 5.41) is 9.17. The van der Waals surface area contributed by atoms with Gasteiger partial charge in [0, 0.05) is 19.5 Å².